The first kappa shape index (κ1) is 15.0. The maximum absolute atomic E-state index is 12.3. The maximum Gasteiger partial charge on any atom is 0.263 e. The molecule has 0 radical (unpaired) electrons. The number of hydrogen-bond acceptors (Lipinski definition) is 3. The highest BCUT2D eigenvalue weighted by Crippen LogP contribution is 2.33. The zero-order valence-corrected chi connectivity index (χ0v) is 12.9. The van der Waals surface area contributed by atoms with Crippen LogP contribution in [-0.2, 0) is 10.0 Å². The molecule has 0 unspecified atom stereocenters. The first-order valence-electron chi connectivity index (χ1n) is 5.64. The minimum Gasteiger partial charge on any atom is -0.396 e. The van der Waals surface area contributed by atoms with Crippen LogP contribution in [0.4, 0.5) is 11.4 Å². The summed E-state index contributed by atoms with van der Waals surface area (Å²) in [6.07, 6.45) is 0. The molecule has 0 aliphatic carbocycles. The molecule has 20 heavy (non-hydrogen) atoms. The molecule has 7 heteroatoms. The summed E-state index contributed by atoms with van der Waals surface area (Å²) in [7, 11) is -3.82. The van der Waals surface area contributed by atoms with E-state index in [1.807, 2.05) is 6.92 Å². The van der Waals surface area contributed by atoms with Crippen molar-refractivity contribution < 1.29 is 8.42 Å². The number of aryl methyl sites for hydroxylation is 1. The summed E-state index contributed by atoms with van der Waals surface area (Å²) in [5, 5.41) is 0.126. The minimum absolute atomic E-state index is 0.0418. The van der Waals surface area contributed by atoms with Gasteiger partial charge in [0.05, 0.1) is 15.7 Å². The van der Waals surface area contributed by atoms with E-state index in [0.717, 1.165) is 5.56 Å². The first-order chi connectivity index (χ1) is 9.31. The lowest BCUT2D eigenvalue weighted by Gasteiger charge is -2.11. The average Bonchev–Trinajstić information content (AvgIpc) is 2.38. The van der Waals surface area contributed by atoms with Crippen LogP contribution in [0.2, 0.25) is 10.0 Å². The van der Waals surface area contributed by atoms with Crippen molar-refractivity contribution in [3.05, 3.63) is 52.0 Å². The molecule has 0 fully saturated rings. The summed E-state index contributed by atoms with van der Waals surface area (Å²) >= 11 is 11.7. The largest absolute Gasteiger partial charge is 0.396 e. The van der Waals surface area contributed by atoms with Crippen LogP contribution in [0.1, 0.15) is 5.56 Å². The zero-order chi connectivity index (χ0) is 14.9. The molecule has 0 atom stereocenters. The third kappa shape index (κ3) is 3.00. The second-order valence-corrected chi connectivity index (χ2v) is 6.68. The van der Waals surface area contributed by atoms with Gasteiger partial charge in [-0.1, -0.05) is 40.9 Å². The van der Waals surface area contributed by atoms with Gasteiger partial charge in [-0.2, -0.15) is 0 Å². The summed E-state index contributed by atoms with van der Waals surface area (Å²) in [5.41, 5.74) is 7.15. The Hall–Kier alpha value is -1.43. The van der Waals surface area contributed by atoms with Gasteiger partial charge in [0.15, 0.2) is 0 Å². The molecular formula is C13H12Cl2N2O2S. The molecule has 2 aromatic rings. The minimum atomic E-state index is -3.82. The van der Waals surface area contributed by atoms with E-state index in [-0.39, 0.29) is 20.6 Å². The summed E-state index contributed by atoms with van der Waals surface area (Å²) in [6.45, 7) is 1.91. The predicted octanol–water partition coefficient (Wildman–Crippen LogP) is 3.68. The summed E-state index contributed by atoms with van der Waals surface area (Å²) in [6, 6.07) is 9.65. The van der Waals surface area contributed by atoms with Crippen LogP contribution in [0, 0.1) is 6.92 Å². The van der Waals surface area contributed by atoms with Crippen LogP contribution < -0.4 is 10.5 Å². The summed E-state index contributed by atoms with van der Waals surface area (Å²) in [5.74, 6) is 0. The quantitative estimate of drug-likeness (QED) is 0.843. The molecule has 2 aromatic carbocycles. The van der Waals surface area contributed by atoms with Gasteiger partial charge < -0.3 is 5.73 Å². The van der Waals surface area contributed by atoms with Crippen LogP contribution in [0.5, 0.6) is 0 Å². The zero-order valence-electron chi connectivity index (χ0n) is 10.5. The molecule has 106 valence electrons. The van der Waals surface area contributed by atoms with E-state index >= 15 is 0 Å². The Morgan fingerprint density at radius 1 is 1.05 bits per heavy atom. The Morgan fingerprint density at radius 2 is 1.65 bits per heavy atom. The smallest absolute Gasteiger partial charge is 0.263 e. The second kappa shape index (κ2) is 5.52. The highest BCUT2D eigenvalue weighted by atomic mass is 35.5. The van der Waals surface area contributed by atoms with E-state index in [0.29, 0.717) is 5.69 Å². The molecule has 4 nitrogen and oxygen atoms in total. The van der Waals surface area contributed by atoms with Crippen molar-refractivity contribution in [3.63, 3.8) is 0 Å². The molecule has 2 rings (SSSR count). The molecule has 0 saturated carbocycles. The molecule has 0 saturated heterocycles. The number of hydrogen-bond donors (Lipinski definition) is 2. The van der Waals surface area contributed by atoms with Gasteiger partial charge in [0, 0.05) is 5.69 Å². The summed E-state index contributed by atoms with van der Waals surface area (Å²) in [4.78, 5) is -0.110. The third-order valence-electron chi connectivity index (χ3n) is 2.68. The Morgan fingerprint density at radius 3 is 2.25 bits per heavy atom. The van der Waals surface area contributed by atoms with Gasteiger partial charge in [0.2, 0.25) is 0 Å². The van der Waals surface area contributed by atoms with Crippen LogP contribution >= 0.6 is 23.2 Å². The van der Waals surface area contributed by atoms with E-state index in [2.05, 4.69) is 4.72 Å². The number of nitrogens with one attached hydrogen (secondary N) is 1. The molecule has 0 aromatic heterocycles. The standard InChI is InChI=1S/C13H12Cl2N2O2S/c1-8-2-4-9(5-3-8)17-20(18,19)11-7-6-10(14)13(16)12(11)15/h2-7,17H,16H2,1H3. The van der Waals surface area contributed by atoms with E-state index in [1.54, 1.807) is 24.3 Å². The van der Waals surface area contributed by atoms with Crippen LogP contribution in [0.25, 0.3) is 0 Å². The van der Waals surface area contributed by atoms with Gasteiger partial charge in [0.1, 0.15) is 4.90 Å². The highest BCUT2D eigenvalue weighted by Gasteiger charge is 2.20. The van der Waals surface area contributed by atoms with Crippen molar-refractivity contribution in [2.75, 3.05) is 10.5 Å². The fraction of sp³-hybridized carbons (Fsp3) is 0.0769. The van der Waals surface area contributed by atoms with E-state index in [4.69, 9.17) is 28.9 Å². The molecule has 0 amide bonds. The van der Waals surface area contributed by atoms with Gasteiger partial charge in [-0.3, -0.25) is 4.72 Å². The normalized spacial score (nSPS) is 11.3. The molecule has 3 N–H and O–H groups in total. The maximum atomic E-state index is 12.3. The Kier molecular flexibility index (Phi) is 4.13. The van der Waals surface area contributed by atoms with E-state index < -0.39 is 10.0 Å². The molecule has 0 aliphatic rings. The number of benzene rings is 2. The lowest BCUT2D eigenvalue weighted by Crippen LogP contribution is -2.14. The number of halogens is 2. The Bertz CT molecular complexity index is 744. The average molecular weight is 331 g/mol. The summed E-state index contributed by atoms with van der Waals surface area (Å²) < 4.78 is 27.0. The van der Waals surface area contributed by atoms with Gasteiger partial charge in [-0.05, 0) is 31.2 Å². The van der Waals surface area contributed by atoms with Crippen molar-refractivity contribution in [1.29, 1.82) is 0 Å². The van der Waals surface area contributed by atoms with Crippen LogP contribution in [0.3, 0.4) is 0 Å². The number of nitrogens with two attached hydrogens (primary N) is 1. The number of rotatable bonds is 3. The van der Waals surface area contributed by atoms with Crippen LogP contribution in [0.15, 0.2) is 41.3 Å². The highest BCUT2D eigenvalue weighted by molar-refractivity contribution is 7.92. The number of anilines is 2. The van der Waals surface area contributed by atoms with Crippen molar-refractivity contribution in [1.82, 2.24) is 0 Å². The second-order valence-electron chi connectivity index (χ2n) is 4.24. The molecule has 0 bridgehead atoms. The van der Waals surface area contributed by atoms with Gasteiger partial charge in [0.25, 0.3) is 10.0 Å². The third-order valence-corrected chi connectivity index (χ3v) is 4.96. The lowest BCUT2D eigenvalue weighted by molar-refractivity contribution is 0.601. The van der Waals surface area contributed by atoms with Crippen molar-refractivity contribution in [2.45, 2.75) is 11.8 Å². The number of nitrogen functional groups attached to an aromatic ring is 1. The molecule has 0 aliphatic heterocycles. The molecule has 0 heterocycles. The SMILES string of the molecule is Cc1ccc(NS(=O)(=O)c2ccc(Cl)c(N)c2Cl)cc1. The van der Waals surface area contributed by atoms with Crippen molar-refractivity contribution in [3.8, 4) is 0 Å². The molecular weight excluding hydrogens is 319 g/mol. The fourth-order valence-corrected chi connectivity index (χ4v) is 3.41. The topological polar surface area (TPSA) is 72.2 Å². The van der Waals surface area contributed by atoms with E-state index in [1.165, 1.54) is 12.1 Å². The van der Waals surface area contributed by atoms with E-state index in [9.17, 15) is 8.42 Å². The van der Waals surface area contributed by atoms with Gasteiger partial charge in [-0.25, -0.2) is 8.42 Å². The van der Waals surface area contributed by atoms with Gasteiger partial charge >= 0.3 is 0 Å². The fourth-order valence-electron chi connectivity index (χ4n) is 1.59. The van der Waals surface area contributed by atoms with Gasteiger partial charge in [-0.15, -0.1) is 0 Å². The Labute approximate surface area is 127 Å². The van der Waals surface area contributed by atoms with Crippen LogP contribution in [-0.4, -0.2) is 8.42 Å². The van der Waals surface area contributed by atoms with Crippen molar-refractivity contribution >= 4 is 44.6 Å². The van der Waals surface area contributed by atoms with Crippen molar-refractivity contribution in [2.24, 2.45) is 0 Å². The monoisotopic (exact) mass is 330 g/mol. The predicted molar refractivity (Wildman–Crippen MR) is 82.9 cm³/mol. The first-order valence-corrected chi connectivity index (χ1v) is 7.88. The Balaban J connectivity index is 2.41. The number of sulfonamides is 1. The lowest BCUT2D eigenvalue weighted by atomic mass is 10.2. The molecule has 0 spiro atoms.